The largest absolute Gasteiger partial charge is 0.456 e. The Kier molecular flexibility index (Phi) is 7.79. The van der Waals surface area contributed by atoms with Gasteiger partial charge >= 0.3 is 0 Å². The van der Waals surface area contributed by atoms with Gasteiger partial charge in [0.1, 0.15) is 11.2 Å². The third kappa shape index (κ3) is 5.35. The number of para-hydroxylation sites is 1. The first-order valence-electron chi connectivity index (χ1n) is 25.4. The molecule has 16 aromatic rings. The molecule has 73 heavy (non-hydrogen) atoms. The zero-order valence-electron chi connectivity index (χ0n) is 39.5. The van der Waals surface area contributed by atoms with Gasteiger partial charge in [0.15, 0.2) is 0 Å². The van der Waals surface area contributed by atoms with E-state index in [0.29, 0.717) is 0 Å². The summed E-state index contributed by atoms with van der Waals surface area (Å²) < 4.78 is 6.46. The molecule has 1 aliphatic rings. The van der Waals surface area contributed by atoms with Gasteiger partial charge in [-0.25, -0.2) is 0 Å². The van der Waals surface area contributed by atoms with Crippen LogP contribution < -0.4 is 0 Å². The highest BCUT2D eigenvalue weighted by atomic mass is 16.3. The Morgan fingerprint density at radius 2 is 0.452 bits per heavy atom. The normalized spacial score (nSPS) is 12.4. The highest BCUT2D eigenvalue weighted by molar-refractivity contribution is 6.32. The van der Waals surface area contributed by atoms with E-state index in [-0.39, 0.29) is 0 Å². The Hall–Kier alpha value is -9.56. The van der Waals surface area contributed by atoms with Gasteiger partial charge in [0.25, 0.3) is 0 Å². The predicted octanol–water partition coefficient (Wildman–Crippen LogP) is 20.6. The van der Waals surface area contributed by atoms with Crippen molar-refractivity contribution in [3.63, 3.8) is 0 Å². The van der Waals surface area contributed by atoms with Gasteiger partial charge in [0, 0.05) is 10.8 Å². The second-order valence-electron chi connectivity index (χ2n) is 20.1. The number of fused-ring (bicyclic) bond motifs is 29. The standard InChI is InChI=1S/C72H40O/c1-7-22-49-43(16-1)44-17-2-8-23-50(44)58-36-64-63(35-57(49)58)56-30-15-29-42(41-32-33-71-68(34-41)55-28-13-14-31-70(55)73-71)72(56)69-40-62-54-27-12-6-21-48(54)47-20-5-11-26-53(47)61(62)39-67(69)66-38-60-52-25-10-4-19-46(52)45-18-3-9-24-51(45)59(60)37-65(64)66/h1-40H. The summed E-state index contributed by atoms with van der Waals surface area (Å²) in [5, 5.41) is 25.0. The van der Waals surface area contributed by atoms with Crippen molar-refractivity contribution in [3.8, 4) is 55.6 Å². The molecule has 0 radical (unpaired) electrons. The van der Waals surface area contributed by atoms with Crippen molar-refractivity contribution >= 4 is 119 Å². The highest BCUT2D eigenvalue weighted by Crippen LogP contribution is 2.56. The molecule has 1 aromatic heterocycles. The van der Waals surface area contributed by atoms with Crippen molar-refractivity contribution in [3.05, 3.63) is 243 Å². The van der Waals surface area contributed by atoms with E-state index in [9.17, 15) is 0 Å². The molecule has 0 spiro atoms. The van der Waals surface area contributed by atoms with Gasteiger partial charge in [-0.3, -0.25) is 0 Å². The molecule has 0 bridgehead atoms. The van der Waals surface area contributed by atoms with E-state index in [2.05, 4.69) is 243 Å². The first-order valence-corrected chi connectivity index (χ1v) is 25.4. The van der Waals surface area contributed by atoms with E-state index in [0.717, 1.165) is 27.5 Å². The first kappa shape index (κ1) is 39.2. The van der Waals surface area contributed by atoms with Crippen LogP contribution >= 0.6 is 0 Å². The molecule has 1 nitrogen and oxygen atoms in total. The molecule has 0 amide bonds. The van der Waals surface area contributed by atoms with Gasteiger partial charge in [0.2, 0.25) is 0 Å². The molecule has 15 aromatic carbocycles. The fourth-order valence-corrected chi connectivity index (χ4v) is 13.4. The Labute approximate surface area is 419 Å². The van der Waals surface area contributed by atoms with Crippen LogP contribution in [0.1, 0.15) is 0 Å². The maximum absolute atomic E-state index is 6.46. The summed E-state index contributed by atoms with van der Waals surface area (Å²) in [4.78, 5) is 0. The van der Waals surface area contributed by atoms with Crippen LogP contribution in [-0.2, 0) is 0 Å². The van der Waals surface area contributed by atoms with Crippen molar-refractivity contribution in [1.29, 1.82) is 0 Å². The third-order valence-corrected chi connectivity index (χ3v) is 16.5. The fraction of sp³-hybridized carbons (Fsp3) is 0. The van der Waals surface area contributed by atoms with Gasteiger partial charge in [-0.2, -0.15) is 0 Å². The van der Waals surface area contributed by atoms with Gasteiger partial charge < -0.3 is 4.42 Å². The molecule has 0 saturated carbocycles. The monoisotopic (exact) mass is 920 g/mol. The molecule has 0 fully saturated rings. The number of furan rings is 1. The summed E-state index contributed by atoms with van der Waals surface area (Å²) in [5.41, 5.74) is 13.9. The van der Waals surface area contributed by atoms with Crippen molar-refractivity contribution < 1.29 is 4.42 Å². The van der Waals surface area contributed by atoms with Crippen LogP contribution in [-0.4, -0.2) is 0 Å². The van der Waals surface area contributed by atoms with Gasteiger partial charge in [-0.05, 0) is 207 Å². The van der Waals surface area contributed by atoms with Crippen molar-refractivity contribution in [2.24, 2.45) is 0 Å². The van der Waals surface area contributed by atoms with Gasteiger partial charge in [-0.1, -0.05) is 188 Å². The summed E-state index contributed by atoms with van der Waals surface area (Å²) in [6, 6.07) is 91.5. The van der Waals surface area contributed by atoms with Crippen LogP contribution in [0.25, 0.3) is 175 Å². The SMILES string of the molecule is c1cc(-c2ccc3oc4ccccc4c3c2)c2c(c1)-c1cc3c4ccccc4c4ccccc4c3cc1-c1cc3c4ccccc4c4ccccc4c3cc1-c1cc3c4ccccc4c4ccccc4c3cc1-2. The third-order valence-electron chi connectivity index (χ3n) is 16.5. The lowest BCUT2D eigenvalue weighted by Crippen LogP contribution is -2.01. The maximum Gasteiger partial charge on any atom is 0.135 e. The average molecular weight is 921 g/mol. The molecule has 0 atom stereocenters. The number of hydrogen-bond acceptors (Lipinski definition) is 1. The quantitative estimate of drug-likeness (QED) is 0.150. The molecule has 0 N–H and O–H groups in total. The summed E-state index contributed by atoms with van der Waals surface area (Å²) in [6.45, 7) is 0. The molecule has 1 aliphatic carbocycles. The zero-order chi connectivity index (χ0) is 47.5. The van der Waals surface area contributed by atoms with Crippen LogP contribution in [0, 0.1) is 0 Å². The second-order valence-corrected chi connectivity index (χ2v) is 20.1. The molecule has 0 unspecified atom stereocenters. The Morgan fingerprint density at radius 3 is 0.849 bits per heavy atom. The van der Waals surface area contributed by atoms with E-state index in [1.165, 1.54) is 147 Å². The smallest absolute Gasteiger partial charge is 0.135 e. The molecule has 1 heterocycles. The fourth-order valence-electron chi connectivity index (χ4n) is 13.4. The Balaban J connectivity index is 1.12. The van der Waals surface area contributed by atoms with E-state index in [1.807, 2.05) is 0 Å². The topological polar surface area (TPSA) is 13.1 Å². The summed E-state index contributed by atoms with van der Waals surface area (Å²) in [7, 11) is 0. The van der Waals surface area contributed by atoms with Crippen LogP contribution in [0.2, 0.25) is 0 Å². The first-order chi connectivity index (χ1) is 36.2. The Morgan fingerprint density at radius 1 is 0.164 bits per heavy atom. The molecule has 334 valence electrons. The minimum atomic E-state index is 0.894. The lowest BCUT2D eigenvalue weighted by Gasteiger charge is -2.28. The lowest BCUT2D eigenvalue weighted by molar-refractivity contribution is 0.669. The maximum atomic E-state index is 6.46. The van der Waals surface area contributed by atoms with Crippen LogP contribution in [0.4, 0.5) is 0 Å². The lowest BCUT2D eigenvalue weighted by atomic mass is 9.75. The predicted molar refractivity (Wildman–Crippen MR) is 312 cm³/mol. The summed E-state index contributed by atoms with van der Waals surface area (Å²) in [5.74, 6) is 0. The molecule has 1 heteroatoms. The highest BCUT2D eigenvalue weighted by Gasteiger charge is 2.29. The molecule has 17 rings (SSSR count). The zero-order valence-corrected chi connectivity index (χ0v) is 39.5. The number of rotatable bonds is 1. The van der Waals surface area contributed by atoms with E-state index < -0.39 is 0 Å². The van der Waals surface area contributed by atoms with E-state index >= 15 is 0 Å². The van der Waals surface area contributed by atoms with Crippen LogP contribution in [0.3, 0.4) is 0 Å². The van der Waals surface area contributed by atoms with E-state index in [1.54, 1.807) is 0 Å². The van der Waals surface area contributed by atoms with Crippen molar-refractivity contribution in [2.45, 2.75) is 0 Å². The second kappa shape index (κ2) is 14.5. The van der Waals surface area contributed by atoms with Crippen LogP contribution in [0.5, 0.6) is 0 Å². The molecular formula is C72H40O. The minimum Gasteiger partial charge on any atom is -0.456 e. The minimum absolute atomic E-state index is 0.894. The molecule has 0 aliphatic heterocycles. The molecular weight excluding hydrogens is 881 g/mol. The Bertz CT molecular complexity index is 5150. The average Bonchev–Trinajstić information content (AvgIpc) is 3.84. The number of benzene rings is 15. The van der Waals surface area contributed by atoms with Gasteiger partial charge in [-0.15, -0.1) is 0 Å². The summed E-state index contributed by atoms with van der Waals surface area (Å²) >= 11 is 0. The van der Waals surface area contributed by atoms with E-state index in [4.69, 9.17) is 4.42 Å². The van der Waals surface area contributed by atoms with Crippen molar-refractivity contribution in [1.82, 2.24) is 0 Å². The number of hydrogen-bond donors (Lipinski definition) is 0. The van der Waals surface area contributed by atoms with Crippen LogP contribution in [0.15, 0.2) is 247 Å². The summed E-state index contributed by atoms with van der Waals surface area (Å²) in [6.07, 6.45) is 0. The molecule has 0 saturated heterocycles. The van der Waals surface area contributed by atoms with Gasteiger partial charge in [0.05, 0.1) is 0 Å². The van der Waals surface area contributed by atoms with Crippen molar-refractivity contribution in [2.75, 3.05) is 0 Å².